The lowest BCUT2D eigenvalue weighted by molar-refractivity contribution is -0.143. The number of hydrogen-bond acceptors (Lipinski definition) is 8. The van der Waals surface area contributed by atoms with Crippen LogP contribution in [0.1, 0.15) is 19.4 Å². The quantitative estimate of drug-likeness (QED) is 0.346. The van der Waals surface area contributed by atoms with E-state index in [1.807, 2.05) is 13.8 Å². The van der Waals surface area contributed by atoms with E-state index < -0.39 is 11.6 Å². The van der Waals surface area contributed by atoms with Crippen molar-refractivity contribution < 1.29 is 18.6 Å². The molecule has 1 atom stereocenters. The predicted octanol–water partition coefficient (Wildman–Crippen LogP) is 3.62. The van der Waals surface area contributed by atoms with Crippen molar-refractivity contribution in [1.82, 2.24) is 4.98 Å². The van der Waals surface area contributed by atoms with E-state index in [-0.39, 0.29) is 29.9 Å². The van der Waals surface area contributed by atoms with Gasteiger partial charge in [0, 0.05) is 41.3 Å². The third kappa shape index (κ3) is 6.25. The Morgan fingerprint density at radius 3 is 2.81 bits per heavy atom. The molecule has 0 bridgehead atoms. The lowest BCUT2D eigenvalue weighted by Crippen LogP contribution is -2.25. The van der Waals surface area contributed by atoms with Gasteiger partial charge in [0.05, 0.1) is 6.61 Å². The van der Waals surface area contributed by atoms with E-state index in [9.17, 15) is 4.39 Å². The van der Waals surface area contributed by atoms with Gasteiger partial charge in [-0.3, -0.25) is 0 Å². The molecule has 1 aliphatic rings. The zero-order valence-corrected chi connectivity index (χ0v) is 18.9. The van der Waals surface area contributed by atoms with Crippen molar-refractivity contribution in [2.75, 3.05) is 30.9 Å². The number of hydrogen-bond donors (Lipinski definition) is 4. The zero-order chi connectivity index (χ0) is 23.3. The summed E-state index contributed by atoms with van der Waals surface area (Å²) < 4.78 is 31.3. The van der Waals surface area contributed by atoms with Crippen LogP contribution in [-0.4, -0.2) is 37.1 Å². The predicted molar refractivity (Wildman–Crippen MR) is 123 cm³/mol. The molecule has 1 aromatic carbocycles. The normalized spacial score (nSPS) is 18.8. The van der Waals surface area contributed by atoms with Crippen LogP contribution in [0.15, 0.2) is 54.2 Å². The van der Waals surface area contributed by atoms with Gasteiger partial charge in [0.2, 0.25) is 5.88 Å². The molecule has 1 aliphatic heterocycles. The van der Waals surface area contributed by atoms with E-state index >= 15 is 0 Å². The number of ether oxygens (including phenoxy) is 3. The van der Waals surface area contributed by atoms with Crippen LogP contribution in [0.25, 0.3) is 5.70 Å². The summed E-state index contributed by atoms with van der Waals surface area (Å²) in [5.41, 5.74) is 13.7. The van der Waals surface area contributed by atoms with E-state index in [2.05, 4.69) is 15.6 Å². The second-order valence-electron chi connectivity index (χ2n) is 7.57. The Kier molecular flexibility index (Phi) is 7.44. The smallest absolute Gasteiger partial charge is 0.208 e. The summed E-state index contributed by atoms with van der Waals surface area (Å²) in [6, 6.07) is 7.65. The van der Waals surface area contributed by atoms with Crippen LogP contribution in [0, 0.1) is 5.82 Å². The molecular weight excluding hydrogens is 437 g/mol. The largest absolute Gasteiger partial charge is 0.475 e. The fourth-order valence-electron chi connectivity index (χ4n) is 3.03. The molecular formula is C22H27ClFN5O3. The van der Waals surface area contributed by atoms with Gasteiger partial charge in [-0.25, -0.2) is 9.37 Å². The number of anilines is 2. The lowest BCUT2D eigenvalue weighted by Gasteiger charge is -2.18. The van der Waals surface area contributed by atoms with Gasteiger partial charge in [0.25, 0.3) is 0 Å². The number of rotatable bonds is 8. The Bertz CT molecular complexity index is 1030. The van der Waals surface area contributed by atoms with Crippen LogP contribution in [-0.2, 0) is 14.2 Å². The molecule has 1 fully saturated rings. The molecule has 172 valence electrons. The number of nitrogens with one attached hydrogen (secondary N) is 2. The minimum atomic E-state index is -0.678. The number of pyridine rings is 1. The fraction of sp³-hybridized carbons (Fsp3) is 0.318. The average Bonchev–Trinajstić information content (AvgIpc) is 3.11. The van der Waals surface area contributed by atoms with Gasteiger partial charge in [-0.2, -0.15) is 0 Å². The van der Waals surface area contributed by atoms with E-state index in [1.165, 1.54) is 24.3 Å². The average molecular weight is 464 g/mol. The minimum Gasteiger partial charge on any atom is -0.475 e. The number of allylic oxidation sites excluding steroid dienone is 1. The standard InChI is InChI=1S/C22H27ClFN5O3/c1-22(2)31-12-15(32-22)11-30-21(26)19(29-14-6-7-28-20(9-14)27-3)10-18(25)16-8-13(23)4-5-17(16)24/h4-10,15H,11-12,25-26H2,1-3H3,(H2,27,28,29)/b18-10-,21-19-. The summed E-state index contributed by atoms with van der Waals surface area (Å²) in [6.07, 6.45) is 2.82. The van der Waals surface area contributed by atoms with Gasteiger partial charge in [-0.05, 0) is 44.2 Å². The van der Waals surface area contributed by atoms with Gasteiger partial charge in [-0.15, -0.1) is 0 Å². The van der Waals surface area contributed by atoms with Crippen molar-refractivity contribution >= 4 is 28.8 Å². The fourth-order valence-corrected chi connectivity index (χ4v) is 3.20. The molecule has 2 aromatic rings. The Morgan fingerprint density at radius 2 is 2.12 bits per heavy atom. The van der Waals surface area contributed by atoms with Crippen molar-refractivity contribution in [2.45, 2.75) is 25.7 Å². The van der Waals surface area contributed by atoms with Crippen molar-refractivity contribution in [2.24, 2.45) is 11.5 Å². The van der Waals surface area contributed by atoms with E-state index in [0.29, 0.717) is 28.8 Å². The van der Waals surface area contributed by atoms with Crippen molar-refractivity contribution in [1.29, 1.82) is 0 Å². The van der Waals surface area contributed by atoms with Crippen molar-refractivity contribution in [3.8, 4) is 0 Å². The number of halogens is 2. The van der Waals surface area contributed by atoms with Gasteiger partial charge in [0.15, 0.2) is 5.79 Å². The van der Waals surface area contributed by atoms with Crippen LogP contribution >= 0.6 is 11.6 Å². The summed E-state index contributed by atoms with van der Waals surface area (Å²) in [4.78, 5) is 4.18. The summed E-state index contributed by atoms with van der Waals surface area (Å²) in [5.74, 6) is -0.498. The molecule has 2 heterocycles. The maximum Gasteiger partial charge on any atom is 0.208 e. The molecule has 1 saturated heterocycles. The highest BCUT2D eigenvalue weighted by Crippen LogP contribution is 2.24. The number of benzene rings is 1. The highest BCUT2D eigenvalue weighted by molar-refractivity contribution is 6.30. The Labute approximate surface area is 191 Å². The molecule has 8 nitrogen and oxygen atoms in total. The van der Waals surface area contributed by atoms with Gasteiger partial charge in [0.1, 0.15) is 30.0 Å². The van der Waals surface area contributed by atoms with Crippen molar-refractivity contribution in [3.05, 3.63) is 70.6 Å². The first-order valence-corrected chi connectivity index (χ1v) is 10.3. The highest BCUT2D eigenvalue weighted by Gasteiger charge is 2.33. The topological polar surface area (TPSA) is 117 Å². The first-order valence-electron chi connectivity index (χ1n) is 9.94. The maximum absolute atomic E-state index is 14.3. The molecule has 1 unspecified atom stereocenters. The minimum absolute atomic E-state index is 0.0477. The van der Waals surface area contributed by atoms with Crippen molar-refractivity contribution in [3.63, 3.8) is 0 Å². The summed E-state index contributed by atoms with van der Waals surface area (Å²) in [6.45, 7) is 4.19. The Hall–Kier alpha value is -3.01. The SMILES string of the molecule is CNc1cc(NC(/C=C(\N)c2cc(Cl)ccc2F)=C(/N)OCC2COC(C)(C)O2)ccn1. The molecule has 10 heteroatoms. The van der Waals surface area contributed by atoms with Gasteiger partial charge in [-0.1, -0.05) is 11.6 Å². The summed E-state index contributed by atoms with van der Waals surface area (Å²) in [5, 5.41) is 6.46. The molecule has 0 radical (unpaired) electrons. The monoisotopic (exact) mass is 463 g/mol. The molecule has 32 heavy (non-hydrogen) atoms. The van der Waals surface area contributed by atoms with E-state index in [0.717, 1.165) is 0 Å². The number of nitrogens with zero attached hydrogens (tertiary/aromatic N) is 1. The number of nitrogens with two attached hydrogens (primary N) is 2. The zero-order valence-electron chi connectivity index (χ0n) is 18.1. The summed E-state index contributed by atoms with van der Waals surface area (Å²) >= 11 is 6.00. The van der Waals surface area contributed by atoms with Gasteiger partial charge < -0.3 is 36.3 Å². The highest BCUT2D eigenvalue weighted by atomic mass is 35.5. The molecule has 0 spiro atoms. The Balaban J connectivity index is 1.89. The molecule has 1 aromatic heterocycles. The van der Waals surface area contributed by atoms with E-state index in [1.54, 1.807) is 25.4 Å². The van der Waals surface area contributed by atoms with Crippen LogP contribution in [0.5, 0.6) is 0 Å². The second kappa shape index (κ2) is 10.1. The molecule has 0 amide bonds. The molecule has 0 saturated carbocycles. The summed E-state index contributed by atoms with van der Waals surface area (Å²) in [7, 11) is 1.76. The van der Waals surface area contributed by atoms with Crippen LogP contribution in [0.4, 0.5) is 15.9 Å². The molecule has 6 N–H and O–H groups in total. The lowest BCUT2D eigenvalue weighted by atomic mass is 10.1. The third-order valence-corrected chi connectivity index (χ3v) is 4.83. The maximum atomic E-state index is 14.3. The van der Waals surface area contributed by atoms with Crippen LogP contribution < -0.4 is 22.1 Å². The Morgan fingerprint density at radius 1 is 1.34 bits per heavy atom. The van der Waals surface area contributed by atoms with E-state index in [4.69, 9.17) is 37.3 Å². The third-order valence-electron chi connectivity index (χ3n) is 4.59. The first kappa shape index (κ1) is 23.6. The van der Waals surface area contributed by atoms with Gasteiger partial charge >= 0.3 is 0 Å². The number of aromatic nitrogens is 1. The molecule has 0 aliphatic carbocycles. The second-order valence-corrected chi connectivity index (χ2v) is 8.00. The first-order chi connectivity index (χ1) is 15.2. The van der Waals surface area contributed by atoms with Crippen LogP contribution in [0.3, 0.4) is 0 Å². The molecule has 3 rings (SSSR count). The van der Waals surface area contributed by atoms with Crippen LogP contribution in [0.2, 0.25) is 5.02 Å².